The van der Waals surface area contributed by atoms with E-state index in [0.29, 0.717) is 0 Å². The summed E-state index contributed by atoms with van der Waals surface area (Å²) in [6, 6.07) is -1.58. The number of carbonyl (C=O) groups is 2. The number of carbonyl (C=O) groups excluding carboxylic acids is 1. The lowest BCUT2D eigenvalue weighted by molar-refractivity contribution is -0.142. The molecule has 5 heteroatoms. The Morgan fingerprint density at radius 3 is 2.09 bits per heavy atom. The van der Waals surface area contributed by atoms with Crippen LogP contribution in [0.3, 0.4) is 0 Å². The normalized spacial score (nSPS) is 15.2. The van der Waals surface area contributed by atoms with E-state index in [1.54, 1.807) is 0 Å². The van der Waals surface area contributed by atoms with E-state index >= 15 is 0 Å². The summed E-state index contributed by atoms with van der Waals surface area (Å²) in [7, 11) is 0. The van der Waals surface area contributed by atoms with Crippen LogP contribution in [0, 0.1) is 0 Å². The largest absolute Gasteiger partial charge is 0.480 e. The molecule has 0 fully saturated rings. The third-order valence-electron chi connectivity index (χ3n) is 1.15. The molecule has 64 valence electrons. The van der Waals surface area contributed by atoms with Crippen molar-refractivity contribution in [1.82, 2.24) is 5.32 Å². The maximum absolute atomic E-state index is 10.4. The molecule has 0 saturated heterocycles. The molecule has 1 amide bonds. The van der Waals surface area contributed by atoms with Crippen LogP contribution in [0.15, 0.2) is 0 Å². The second kappa shape index (κ2) is 3.92. The van der Waals surface area contributed by atoms with Gasteiger partial charge >= 0.3 is 5.97 Å². The first-order valence-electron chi connectivity index (χ1n) is 3.20. The molecule has 0 aromatic heterocycles. The highest BCUT2D eigenvalue weighted by atomic mass is 16.4. The smallest absolute Gasteiger partial charge is 0.327 e. The SMILES string of the molecule is CC(=O)NC(C(=O)O)C(C)N. The number of hydrogen-bond donors (Lipinski definition) is 3. The van der Waals surface area contributed by atoms with Crippen LogP contribution in [-0.4, -0.2) is 29.1 Å². The summed E-state index contributed by atoms with van der Waals surface area (Å²) in [5.41, 5.74) is 5.29. The van der Waals surface area contributed by atoms with Crippen molar-refractivity contribution < 1.29 is 14.7 Å². The van der Waals surface area contributed by atoms with Gasteiger partial charge in [-0.15, -0.1) is 0 Å². The standard InChI is InChI=1S/C6H12N2O3/c1-3(7)5(6(10)11)8-4(2)9/h3,5H,7H2,1-2H3,(H,8,9)(H,10,11). The summed E-state index contributed by atoms with van der Waals surface area (Å²) in [6.45, 7) is 2.77. The quantitative estimate of drug-likeness (QED) is 0.489. The molecule has 0 spiro atoms. The lowest BCUT2D eigenvalue weighted by Crippen LogP contribution is -2.50. The first kappa shape index (κ1) is 9.90. The molecule has 0 aromatic rings. The van der Waals surface area contributed by atoms with Crippen LogP contribution in [0.25, 0.3) is 0 Å². The fraction of sp³-hybridized carbons (Fsp3) is 0.667. The van der Waals surface area contributed by atoms with E-state index in [2.05, 4.69) is 5.32 Å². The monoisotopic (exact) mass is 160 g/mol. The van der Waals surface area contributed by atoms with Gasteiger partial charge in [-0.2, -0.15) is 0 Å². The maximum atomic E-state index is 10.4. The Morgan fingerprint density at radius 1 is 1.55 bits per heavy atom. The zero-order valence-corrected chi connectivity index (χ0v) is 6.50. The van der Waals surface area contributed by atoms with Crippen LogP contribution < -0.4 is 11.1 Å². The number of aliphatic carboxylic acids is 1. The van der Waals surface area contributed by atoms with Crippen molar-refractivity contribution in [3.63, 3.8) is 0 Å². The van der Waals surface area contributed by atoms with Gasteiger partial charge in [0.2, 0.25) is 5.91 Å². The molecule has 11 heavy (non-hydrogen) atoms. The van der Waals surface area contributed by atoms with Gasteiger partial charge < -0.3 is 16.2 Å². The molecule has 0 aliphatic heterocycles. The summed E-state index contributed by atoms with van der Waals surface area (Å²) in [6.07, 6.45) is 0. The van der Waals surface area contributed by atoms with Crippen molar-refractivity contribution in [1.29, 1.82) is 0 Å². The minimum Gasteiger partial charge on any atom is -0.480 e. The van der Waals surface area contributed by atoms with Crippen molar-refractivity contribution in [3.05, 3.63) is 0 Å². The van der Waals surface area contributed by atoms with Gasteiger partial charge in [-0.05, 0) is 6.92 Å². The van der Waals surface area contributed by atoms with E-state index in [0.717, 1.165) is 0 Å². The molecule has 0 bridgehead atoms. The van der Waals surface area contributed by atoms with Gasteiger partial charge in [0.1, 0.15) is 6.04 Å². The van der Waals surface area contributed by atoms with Crippen LogP contribution in [0.2, 0.25) is 0 Å². The number of hydrogen-bond acceptors (Lipinski definition) is 3. The Labute approximate surface area is 64.6 Å². The first-order chi connectivity index (χ1) is 4.95. The molecule has 2 unspecified atom stereocenters. The highest BCUT2D eigenvalue weighted by Gasteiger charge is 2.21. The van der Waals surface area contributed by atoms with Crippen molar-refractivity contribution in [2.45, 2.75) is 25.9 Å². The molecule has 0 rings (SSSR count). The Balaban J connectivity index is 4.12. The zero-order valence-electron chi connectivity index (χ0n) is 6.50. The fourth-order valence-electron chi connectivity index (χ4n) is 0.637. The molecule has 0 saturated carbocycles. The van der Waals surface area contributed by atoms with E-state index in [9.17, 15) is 9.59 Å². The van der Waals surface area contributed by atoms with Crippen molar-refractivity contribution >= 4 is 11.9 Å². The molecule has 0 heterocycles. The van der Waals surface area contributed by atoms with Crippen LogP contribution in [0.5, 0.6) is 0 Å². The second-order valence-corrected chi connectivity index (χ2v) is 2.38. The predicted molar refractivity (Wildman–Crippen MR) is 38.9 cm³/mol. The highest BCUT2D eigenvalue weighted by Crippen LogP contribution is 1.89. The number of carboxylic acids is 1. The predicted octanol–water partition coefficient (Wildman–Crippen LogP) is -1.08. The van der Waals surface area contributed by atoms with Gasteiger partial charge in [-0.25, -0.2) is 4.79 Å². The minimum absolute atomic E-state index is 0.394. The Hall–Kier alpha value is -1.10. The Kier molecular flexibility index (Phi) is 3.53. The van der Waals surface area contributed by atoms with E-state index in [-0.39, 0.29) is 0 Å². The summed E-state index contributed by atoms with van der Waals surface area (Å²) in [5, 5.41) is 10.7. The summed E-state index contributed by atoms with van der Waals surface area (Å²) < 4.78 is 0. The van der Waals surface area contributed by atoms with Crippen LogP contribution in [0.1, 0.15) is 13.8 Å². The number of nitrogens with one attached hydrogen (secondary N) is 1. The summed E-state index contributed by atoms with van der Waals surface area (Å²) in [5.74, 6) is -1.51. The van der Waals surface area contributed by atoms with Gasteiger partial charge in [0.15, 0.2) is 0 Å². The topological polar surface area (TPSA) is 92.4 Å². The third kappa shape index (κ3) is 3.57. The van der Waals surface area contributed by atoms with E-state index in [4.69, 9.17) is 10.8 Å². The van der Waals surface area contributed by atoms with Gasteiger partial charge in [0, 0.05) is 13.0 Å². The molecular formula is C6H12N2O3. The van der Waals surface area contributed by atoms with Crippen molar-refractivity contribution in [2.24, 2.45) is 5.73 Å². The summed E-state index contributed by atoms with van der Waals surface area (Å²) in [4.78, 5) is 20.8. The van der Waals surface area contributed by atoms with Gasteiger partial charge in [-0.3, -0.25) is 4.79 Å². The molecule has 0 aliphatic rings. The maximum Gasteiger partial charge on any atom is 0.327 e. The van der Waals surface area contributed by atoms with E-state index < -0.39 is 24.0 Å². The van der Waals surface area contributed by atoms with Gasteiger partial charge in [-0.1, -0.05) is 0 Å². The minimum atomic E-state index is -1.12. The number of rotatable bonds is 3. The number of nitrogens with two attached hydrogens (primary N) is 1. The molecule has 0 aromatic carbocycles. The Morgan fingerprint density at radius 2 is 2.00 bits per heavy atom. The van der Waals surface area contributed by atoms with Crippen LogP contribution in [-0.2, 0) is 9.59 Å². The van der Waals surface area contributed by atoms with Crippen LogP contribution >= 0.6 is 0 Å². The third-order valence-corrected chi connectivity index (χ3v) is 1.15. The fourth-order valence-corrected chi connectivity index (χ4v) is 0.637. The number of amides is 1. The lowest BCUT2D eigenvalue weighted by atomic mass is 10.1. The zero-order chi connectivity index (χ0) is 9.02. The van der Waals surface area contributed by atoms with E-state index in [1.807, 2.05) is 0 Å². The molecule has 0 aliphatic carbocycles. The van der Waals surface area contributed by atoms with Crippen molar-refractivity contribution in [3.8, 4) is 0 Å². The molecule has 4 N–H and O–H groups in total. The van der Waals surface area contributed by atoms with Crippen LogP contribution in [0.4, 0.5) is 0 Å². The average Bonchev–Trinajstić information content (AvgIpc) is 1.81. The lowest BCUT2D eigenvalue weighted by Gasteiger charge is -2.16. The molecule has 5 nitrogen and oxygen atoms in total. The van der Waals surface area contributed by atoms with E-state index in [1.165, 1.54) is 13.8 Å². The highest BCUT2D eigenvalue weighted by molar-refractivity contribution is 5.82. The second-order valence-electron chi connectivity index (χ2n) is 2.38. The van der Waals surface area contributed by atoms with Gasteiger partial charge in [0.05, 0.1) is 0 Å². The number of carboxylic acid groups (broad SMARTS) is 1. The molecule has 0 radical (unpaired) electrons. The molecular weight excluding hydrogens is 148 g/mol. The van der Waals surface area contributed by atoms with Gasteiger partial charge in [0.25, 0.3) is 0 Å². The van der Waals surface area contributed by atoms with Crippen molar-refractivity contribution in [2.75, 3.05) is 0 Å². The molecule has 2 atom stereocenters. The average molecular weight is 160 g/mol. The Bertz CT molecular complexity index is 167. The summed E-state index contributed by atoms with van der Waals surface area (Å²) >= 11 is 0. The first-order valence-corrected chi connectivity index (χ1v) is 3.20.